The minimum absolute atomic E-state index is 0.0820. The van der Waals surface area contributed by atoms with Gasteiger partial charge in [0.25, 0.3) is 5.69 Å². The molecule has 20 heavy (non-hydrogen) atoms. The maximum absolute atomic E-state index is 10.7. The summed E-state index contributed by atoms with van der Waals surface area (Å²) in [6.45, 7) is 5.98. The van der Waals surface area contributed by atoms with E-state index in [1.54, 1.807) is 0 Å². The molecule has 1 aliphatic rings. The molecule has 0 aliphatic carbocycles. The van der Waals surface area contributed by atoms with E-state index in [1.165, 1.54) is 18.7 Å². The van der Waals surface area contributed by atoms with Gasteiger partial charge >= 0.3 is 0 Å². The molecule has 1 atom stereocenters. The summed E-state index contributed by atoms with van der Waals surface area (Å²) in [5.41, 5.74) is -0.0820. The van der Waals surface area contributed by atoms with Crippen molar-refractivity contribution in [3.05, 3.63) is 27.4 Å². The highest BCUT2D eigenvalue weighted by atomic mass is 35.5. The zero-order valence-corrected chi connectivity index (χ0v) is 12.4. The summed E-state index contributed by atoms with van der Waals surface area (Å²) < 4.78 is 0. The summed E-state index contributed by atoms with van der Waals surface area (Å²) in [6.07, 6.45) is 3.57. The number of hydrogen-bond donors (Lipinski definition) is 1. The number of nitro groups is 1. The van der Waals surface area contributed by atoms with E-state index in [2.05, 4.69) is 29.0 Å². The van der Waals surface area contributed by atoms with Gasteiger partial charge in [-0.15, -0.1) is 0 Å². The lowest BCUT2D eigenvalue weighted by molar-refractivity contribution is -0.385. The van der Waals surface area contributed by atoms with Gasteiger partial charge in [0.2, 0.25) is 0 Å². The van der Waals surface area contributed by atoms with Crippen molar-refractivity contribution in [1.29, 1.82) is 0 Å². The van der Waals surface area contributed by atoms with Gasteiger partial charge in [-0.25, -0.2) is 4.98 Å². The largest absolute Gasteiger partial charge is 0.351 e. The molecule has 1 aliphatic heterocycles. The van der Waals surface area contributed by atoms with Gasteiger partial charge in [0.05, 0.1) is 9.95 Å². The first kappa shape index (κ1) is 15.0. The van der Waals surface area contributed by atoms with Crippen LogP contribution in [-0.4, -0.2) is 35.1 Å². The summed E-state index contributed by atoms with van der Waals surface area (Å²) >= 11 is 6.17. The van der Waals surface area contributed by atoms with E-state index in [0.717, 1.165) is 19.5 Å². The van der Waals surface area contributed by atoms with Gasteiger partial charge in [-0.05, 0) is 33.2 Å². The molecular weight excluding hydrogens is 280 g/mol. The molecule has 110 valence electrons. The van der Waals surface area contributed by atoms with Crippen LogP contribution in [0, 0.1) is 10.1 Å². The van der Waals surface area contributed by atoms with Gasteiger partial charge in [-0.3, -0.25) is 10.1 Å². The molecule has 2 heterocycles. The third kappa shape index (κ3) is 3.37. The molecule has 1 aromatic heterocycles. The fourth-order valence-electron chi connectivity index (χ4n) is 2.42. The Kier molecular flexibility index (Phi) is 4.77. The lowest BCUT2D eigenvalue weighted by Gasteiger charge is -2.31. The Morgan fingerprint density at radius 2 is 2.40 bits per heavy atom. The minimum Gasteiger partial charge on any atom is -0.351 e. The van der Waals surface area contributed by atoms with Crippen LogP contribution in [0.5, 0.6) is 0 Å². The van der Waals surface area contributed by atoms with Crippen LogP contribution in [0.15, 0.2) is 12.3 Å². The number of pyridine rings is 1. The number of nitrogens with one attached hydrogen (secondary N) is 1. The molecule has 7 heteroatoms. The maximum atomic E-state index is 10.7. The predicted octanol–water partition coefficient (Wildman–Crippen LogP) is 2.61. The van der Waals surface area contributed by atoms with E-state index in [0.29, 0.717) is 16.9 Å². The maximum Gasteiger partial charge on any atom is 0.289 e. The molecule has 1 aromatic rings. The number of rotatable bonds is 5. The summed E-state index contributed by atoms with van der Waals surface area (Å²) in [4.78, 5) is 16.5. The number of anilines is 1. The Labute approximate surface area is 123 Å². The van der Waals surface area contributed by atoms with Crippen LogP contribution in [0.3, 0.4) is 0 Å². The second-order valence-corrected chi connectivity index (χ2v) is 5.70. The van der Waals surface area contributed by atoms with Crippen molar-refractivity contribution < 1.29 is 4.92 Å². The van der Waals surface area contributed by atoms with E-state index in [9.17, 15) is 10.1 Å². The van der Waals surface area contributed by atoms with Gasteiger partial charge in [0, 0.05) is 24.7 Å². The zero-order chi connectivity index (χ0) is 14.7. The van der Waals surface area contributed by atoms with Crippen LogP contribution in [0.4, 0.5) is 11.5 Å². The highest BCUT2D eigenvalue weighted by Crippen LogP contribution is 2.29. The Hall–Kier alpha value is -1.40. The van der Waals surface area contributed by atoms with Crippen molar-refractivity contribution in [2.24, 2.45) is 0 Å². The normalized spacial score (nSPS) is 18.5. The van der Waals surface area contributed by atoms with Gasteiger partial charge < -0.3 is 10.2 Å². The standard InChI is InChI=1S/C13H19ClN4O2/c1-9(2)17(8-10-4-3-5-15-10)13-12(14)6-11(7-16-13)18(19)20/h6-7,9-10,15H,3-5,8H2,1-2H3. The summed E-state index contributed by atoms with van der Waals surface area (Å²) in [5, 5.41) is 14.5. The number of aromatic nitrogens is 1. The van der Waals surface area contributed by atoms with Crippen molar-refractivity contribution >= 4 is 23.1 Å². The topological polar surface area (TPSA) is 71.3 Å². The zero-order valence-electron chi connectivity index (χ0n) is 11.7. The van der Waals surface area contributed by atoms with Crippen molar-refractivity contribution in [3.8, 4) is 0 Å². The van der Waals surface area contributed by atoms with E-state index in [-0.39, 0.29) is 11.7 Å². The quantitative estimate of drug-likeness (QED) is 0.668. The molecule has 0 aromatic carbocycles. The van der Waals surface area contributed by atoms with E-state index in [4.69, 9.17) is 11.6 Å². The summed E-state index contributed by atoms with van der Waals surface area (Å²) in [6, 6.07) is 2.01. The molecule has 1 fully saturated rings. The molecule has 2 rings (SSSR count). The second-order valence-electron chi connectivity index (χ2n) is 5.30. The van der Waals surface area contributed by atoms with Gasteiger partial charge in [-0.1, -0.05) is 11.6 Å². The second kappa shape index (κ2) is 6.37. The van der Waals surface area contributed by atoms with Gasteiger partial charge in [0.15, 0.2) is 0 Å². The lowest BCUT2D eigenvalue weighted by Crippen LogP contribution is -2.42. The molecule has 0 amide bonds. The van der Waals surface area contributed by atoms with E-state index in [1.807, 2.05) is 0 Å². The number of nitrogens with zero attached hydrogens (tertiary/aromatic N) is 3. The van der Waals surface area contributed by atoms with E-state index >= 15 is 0 Å². The third-order valence-electron chi connectivity index (χ3n) is 3.49. The van der Waals surface area contributed by atoms with Crippen LogP contribution in [0.1, 0.15) is 26.7 Å². The molecule has 1 saturated heterocycles. The van der Waals surface area contributed by atoms with Crippen molar-refractivity contribution in [3.63, 3.8) is 0 Å². The fourth-order valence-corrected chi connectivity index (χ4v) is 2.69. The number of hydrogen-bond acceptors (Lipinski definition) is 5. The van der Waals surface area contributed by atoms with Crippen molar-refractivity contribution in [2.75, 3.05) is 18.0 Å². The summed E-state index contributed by atoms with van der Waals surface area (Å²) in [7, 11) is 0. The average Bonchev–Trinajstić information content (AvgIpc) is 2.89. The van der Waals surface area contributed by atoms with Crippen LogP contribution in [0.25, 0.3) is 0 Å². The molecular formula is C13H19ClN4O2. The molecule has 1 unspecified atom stereocenters. The van der Waals surface area contributed by atoms with Crippen LogP contribution in [-0.2, 0) is 0 Å². The molecule has 0 radical (unpaired) electrons. The van der Waals surface area contributed by atoms with E-state index < -0.39 is 4.92 Å². The van der Waals surface area contributed by atoms with Crippen LogP contribution >= 0.6 is 11.6 Å². The molecule has 1 N–H and O–H groups in total. The fraction of sp³-hybridized carbons (Fsp3) is 0.615. The Morgan fingerprint density at radius 3 is 2.90 bits per heavy atom. The first-order valence-electron chi connectivity index (χ1n) is 6.79. The molecule has 0 spiro atoms. The Bertz CT molecular complexity index is 489. The van der Waals surface area contributed by atoms with Gasteiger partial charge in [-0.2, -0.15) is 0 Å². The molecule has 6 nitrogen and oxygen atoms in total. The average molecular weight is 299 g/mol. The first-order chi connectivity index (χ1) is 9.49. The first-order valence-corrected chi connectivity index (χ1v) is 7.16. The highest BCUT2D eigenvalue weighted by molar-refractivity contribution is 6.33. The van der Waals surface area contributed by atoms with Crippen molar-refractivity contribution in [1.82, 2.24) is 10.3 Å². The summed E-state index contributed by atoms with van der Waals surface area (Å²) in [5.74, 6) is 0.612. The molecule has 0 bridgehead atoms. The molecule has 0 saturated carbocycles. The Balaban J connectivity index is 2.22. The predicted molar refractivity (Wildman–Crippen MR) is 79.4 cm³/mol. The smallest absolute Gasteiger partial charge is 0.289 e. The highest BCUT2D eigenvalue weighted by Gasteiger charge is 2.23. The lowest BCUT2D eigenvalue weighted by atomic mass is 10.2. The Morgan fingerprint density at radius 1 is 1.65 bits per heavy atom. The third-order valence-corrected chi connectivity index (χ3v) is 3.77. The van der Waals surface area contributed by atoms with Gasteiger partial charge in [0.1, 0.15) is 12.0 Å². The van der Waals surface area contributed by atoms with Crippen LogP contribution in [0.2, 0.25) is 5.02 Å². The SMILES string of the molecule is CC(C)N(CC1CCCN1)c1ncc([N+](=O)[O-])cc1Cl. The van der Waals surface area contributed by atoms with Crippen molar-refractivity contribution in [2.45, 2.75) is 38.8 Å². The monoisotopic (exact) mass is 298 g/mol. The minimum atomic E-state index is -0.485. The number of halogens is 1. The van der Waals surface area contributed by atoms with Crippen LogP contribution < -0.4 is 10.2 Å².